The summed E-state index contributed by atoms with van der Waals surface area (Å²) in [4.78, 5) is 24.8. The highest BCUT2D eigenvalue weighted by molar-refractivity contribution is 5.93. The van der Waals surface area contributed by atoms with E-state index in [9.17, 15) is 9.59 Å². The van der Waals surface area contributed by atoms with Crippen LogP contribution in [0.4, 0.5) is 10.5 Å². The second-order valence-corrected chi connectivity index (χ2v) is 5.28. The Morgan fingerprint density at radius 2 is 2.09 bits per heavy atom. The summed E-state index contributed by atoms with van der Waals surface area (Å²) in [5, 5.41) is 6.66. The lowest BCUT2D eigenvalue weighted by molar-refractivity contribution is 0.1000. The Balaban J connectivity index is 1.92. The van der Waals surface area contributed by atoms with Gasteiger partial charge in [0.2, 0.25) is 5.91 Å². The highest BCUT2D eigenvalue weighted by Gasteiger charge is 2.18. The first-order valence-corrected chi connectivity index (χ1v) is 7.23. The molecule has 7 heteroatoms. The van der Waals surface area contributed by atoms with Crippen molar-refractivity contribution in [3.63, 3.8) is 0 Å². The third-order valence-corrected chi connectivity index (χ3v) is 3.54. The fourth-order valence-electron chi connectivity index (χ4n) is 2.37. The smallest absolute Gasteiger partial charge is 0.321 e. The van der Waals surface area contributed by atoms with Crippen LogP contribution in [0.15, 0.2) is 28.8 Å². The molecule has 3 amide bonds. The highest BCUT2D eigenvalue weighted by atomic mass is 16.5. The van der Waals surface area contributed by atoms with Gasteiger partial charge in [-0.15, -0.1) is 0 Å². The van der Waals surface area contributed by atoms with Crippen molar-refractivity contribution in [2.75, 3.05) is 18.5 Å². The average molecular weight is 316 g/mol. The van der Waals surface area contributed by atoms with Gasteiger partial charge in [-0.3, -0.25) is 9.69 Å². The van der Waals surface area contributed by atoms with Crippen molar-refractivity contribution >= 4 is 17.6 Å². The molecule has 0 atom stereocenters. The number of nitrogens with zero attached hydrogens (tertiary/aromatic N) is 2. The molecule has 0 aliphatic rings. The maximum absolute atomic E-state index is 12.2. The Morgan fingerprint density at radius 3 is 2.70 bits per heavy atom. The van der Waals surface area contributed by atoms with E-state index in [4.69, 9.17) is 10.3 Å². The van der Waals surface area contributed by atoms with Crippen molar-refractivity contribution < 1.29 is 14.1 Å². The molecule has 0 radical (unpaired) electrons. The molecule has 0 saturated carbocycles. The molecule has 0 spiro atoms. The summed E-state index contributed by atoms with van der Waals surface area (Å²) in [7, 11) is 1.66. The van der Waals surface area contributed by atoms with Gasteiger partial charge in [0, 0.05) is 19.2 Å². The van der Waals surface area contributed by atoms with Gasteiger partial charge in [0.25, 0.3) is 0 Å². The lowest BCUT2D eigenvalue weighted by Gasteiger charge is -2.17. The van der Waals surface area contributed by atoms with Gasteiger partial charge in [0.1, 0.15) is 11.4 Å². The number of aryl methyl sites for hydroxylation is 2. The van der Waals surface area contributed by atoms with E-state index in [0.717, 1.165) is 5.56 Å². The molecule has 0 aliphatic carbocycles. The van der Waals surface area contributed by atoms with Gasteiger partial charge in [0.05, 0.1) is 0 Å². The van der Waals surface area contributed by atoms with Gasteiger partial charge in [-0.05, 0) is 38.0 Å². The number of hydrogen-bond donors (Lipinski definition) is 2. The molecule has 0 unspecified atom stereocenters. The quantitative estimate of drug-likeness (QED) is 0.877. The Bertz CT molecular complexity index is 704. The van der Waals surface area contributed by atoms with Crippen LogP contribution in [0, 0.1) is 13.8 Å². The molecule has 1 aromatic carbocycles. The monoisotopic (exact) mass is 316 g/mol. The Labute approximate surface area is 134 Å². The number of anilines is 1. The number of nitrogens with two attached hydrogens (primary N) is 1. The third-order valence-electron chi connectivity index (χ3n) is 3.54. The number of hydrogen-bond acceptors (Lipinski definition) is 4. The van der Waals surface area contributed by atoms with Crippen molar-refractivity contribution in [2.45, 2.75) is 20.3 Å². The molecular weight excluding hydrogens is 296 g/mol. The second kappa shape index (κ2) is 6.95. The molecule has 2 rings (SSSR count). The normalized spacial score (nSPS) is 10.4. The summed E-state index contributed by atoms with van der Waals surface area (Å²) in [6.45, 7) is 3.98. The fourth-order valence-corrected chi connectivity index (χ4v) is 2.37. The van der Waals surface area contributed by atoms with E-state index in [0.29, 0.717) is 35.7 Å². The van der Waals surface area contributed by atoms with E-state index in [2.05, 4.69) is 10.5 Å². The van der Waals surface area contributed by atoms with E-state index in [1.165, 1.54) is 4.90 Å². The zero-order valence-electron chi connectivity index (χ0n) is 13.4. The molecule has 23 heavy (non-hydrogen) atoms. The van der Waals surface area contributed by atoms with Crippen LogP contribution in [0.25, 0.3) is 0 Å². The minimum absolute atomic E-state index is 0.245. The van der Waals surface area contributed by atoms with Crippen LogP contribution in [0.1, 0.15) is 27.4 Å². The summed E-state index contributed by atoms with van der Waals surface area (Å²) >= 11 is 0. The number of nitrogens with one attached hydrogen (secondary N) is 1. The maximum Gasteiger partial charge on any atom is 0.321 e. The molecule has 2 aromatic rings. The Morgan fingerprint density at radius 1 is 1.35 bits per heavy atom. The predicted molar refractivity (Wildman–Crippen MR) is 86.4 cm³/mol. The van der Waals surface area contributed by atoms with Gasteiger partial charge >= 0.3 is 6.03 Å². The molecule has 3 N–H and O–H groups in total. The number of urea groups is 1. The number of primary amides is 1. The fraction of sp³-hybridized carbons (Fsp3) is 0.312. The summed E-state index contributed by atoms with van der Waals surface area (Å²) in [6.07, 6.45) is 0.600. The largest absolute Gasteiger partial charge is 0.366 e. The van der Waals surface area contributed by atoms with Crippen LogP contribution < -0.4 is 16.0 Å². The summed E-state index contributed by atoms with van der Waals surface area (Å²) < 4.78 is 5.06. The first kappa shape index (κ1) is 16.5. The van der Waals surface area contributed by atoms with Crippen LogP contribution in [-0.4, -0.2) is 30.7 Å². The van der Waals surface area contributed by atoms with Crippen molar-refractivity contribution in [3.05, 3.63) is 46.8 Å². The van der Waals surface area contributed by atoms with Gasteiger partial charge in [0.15, 0.2) is 5.76 Å². The molecule has 0 aliphatic heterocycles. The highest BCUT2D eigenvalue weighted by Crippen LogP contribution is 2.22. The van der Waals surface area contributed by atoms with Crippen LogP contribution in [0.2, 0.25) is 0 Å². The van der Waals surface area contributed by atoms with E-state index in [-0.39, 0.29) is 6.03 Å². The number of amides is 3. The zero-order chi connectivity index (χ0) is 17.0. The van der Waals surface area contributed by atoms with E-state index >= 15 is 0 Å². The molecule has 0 bridgehead atoms. The van der Waals surface area contributed by atoms with Crippen LogP contribution >= 0.6 is 0 Å². The zero-order valence-corrected chi connectivity index (χ0v) is 13.4. The summed E-state index contributed by atoms with van der Waals surface area (Å²) in [5.41, 5.74) is 7.97. The topological polar surface area (TPSA) is 101 Å². The number of benzene rings is 1. The Hall–Kier alpha value is -2.83. The Kier molecular flexibility index (Phi) is 5.00. The number of carbonyl (C=O) groups is 2. The number of carbonyl (C=O) groups excluding carboxylic acids is 2. The van der Waals surface area contributed by atoms with Crippen LogP contribution in [0.3, 0.4) is 0 Å². The molecule has 7 nitrogen and oxygen atoms in total. The maximum atomic E-state index is 12.2. The SMILES string of the molecule is Cc1noc(C)c1N(C)C(=O)NCCc1cccc(C(N)=O)c1. The lowest BCUT2D eigenvalue weighted by atomic mass is 10.1. The number of aromatic nitrogens is 1. The van der Waals surface area contributed by atoms with Crippen molar-refractivity contribution in [3.8, 4) is 0 Å². The van der Waals surface area contributed by atoms with E-state index in [1.54, 1.807) is 39.1 Å². The van der Waals surface area contributed by atoms with Crippen LogP contribution in [0.5, 0.6) is 0 Å². The summed E-state index contributed by atoms with van der Waals surface area (Å²) in [6, 6.07) is 6.80. The minimum Gasteiger partial charge on any atom is -0.366 e. The second-order valence-electron chi connectivity index (χ2n) is 5.28. The molecule has 1 heterocycles. The first-order chi connectivity index (χ1) is 10.9. The van der Waals surface area contributed by atoms with E-state index in [1.807, 2.05) is 6.07 Å². The van der Waals surface area contributed by atoms with Crippen molar-refractivity contribution in [1.29, 1.82) is 0 Å². The van der Waals surface area contributed by atoms with Crippen molar-refractivity contribution in [1.82, 2.24) is 10.5 Å². The molecule has 0 fully saturated rings. The first-order valence-electron chi connectivity index (χ1n) is 7.23. The summed E-state index contributed by atoms with van der Waals surface area (Å²) in [5.74, 6) is 0.128. The predicted octanol–water partition coefficient (Wildman–Crippen LogP) is 1.78. The molecule has 0 saturated heterocycles. The molecule has 122 valence electrons. The van der Waals surface area contributed by atoms with Crippen LogP contribution in [-0.2, 0) is 6.42 Å². The standard InChI is InChI=1S/C16H20N4O3/c1-10-14(11(2)23-19-10)20(3)16(22)18-8-7-12-5-4-6-13(9-12)15(17)21/h4-6,9H,7-8H2,1-3H3,(H2,17,21)(H,18,22). The van der Waals surface area contributed by atoms with Gasteiger partial charge in [-0.1, -0.05) is 17.3 Å². The lowest BCUT2D eigenvalue weighted by Crippen LogP contribution is -2.38. The molecule has 1 aromatic heterocycles. The van der Waals surface area contributed by atoms with Crippen molar-refractivity contribution in [2.24, 2.45) is 5.73 Å². The third kappa shape index (κ3) is 3.88. The van der Waals surface area contributed by atoms with Gasteiger partial charge in [-0.2, -0.15) is 0 Å². The molecular formula is C16H20N4O3. The van der Waals surface area contributed by atoms with Gasteiger partial charge in [-0.25, -0.2) is 4.79 Å². The minimum atomic E-state index is -0.464. The average Bonchev–Trinajstić information content (AvgIpc) is 2.85. The van der Waals surface area contributed by atoms with E-state index < -0.39 is 5.91 Å². The number of rotatable bonds is 5. The van der Waals surface area contributed by atoms with Gasteiger partial charge < -0.3 is 15.6 Å².